The quantitative estimate of drug-likeness (QED) is 0.628. The average molecular weight is 291 g/mol. The van der Waals surface area contributed by atoms with Gasteiger partial charge in [0.05, 0.1) is 0 Å². The molecule has 1 amide bonds. The summed E-state index contributed by atoms with van der Waals surface area (Å²) in [5, 5.41) is 19.7. The van der Waals surface area contributed by atoms with Gasteiger partial charge in [0, 0.05) is 23.7 Å². The number of carboxylic acids is 1. The van der Waals surface area contributed by atoms with Crippen LogP contribution in [0.4, 0.5) is 0 Å². The minimum absolute atomic E-state index is 0.0248. The molecular weight excluding hydrogens is 280 g/mol. The number of carbonyl (C=O) groups excluding carboxylic acids is 1. The Morgan fingerprint density at radius 3 is 2.69 bits per heavy atom. The van der Waals surface area contributed by atoms with E-state index in [2.05, 4.69) is 26.2 Å². The zero-order valence-electron chi connectivity index (χ0n) is 8.24. The van der Waals surface area contributed by atoms with E-state index in [0.29, 0.717) is 4.47 Å². The first-order valence-electron chi connectivity index (χ1n) is 4.53. The predicted molar refractivity (Wildman–Crippen MR) is 59.1 cm³/mol. The highest BCUT2D eigenvalue weighted by atomic mass is 79.9. The molecule has 0 bridgehead atoms. The van der Waals surface area contributed by atoms with Crippen molar-refractivity contribution in [1.82, 2.24) is 10.3 Å². The zero-order valence-corrected chi connectivity index (χ0v) is 9.82. The van der Waals surface area contributed by atoms with Crippen LogP contribution in [-0.2, 0) is 4.79 Å². The number of hydrogen-bond donors (Lipinski definition) is 4. The van der Waals surface area contributed by atoms with E-state index in [1.807, 2.05) is 0 Å². The first-order chi connectivity index (χ1) is 7.54. The summed E-state index contributed by atoms with van der Waals surface area (Å²) in [7, 11) is 0. The van der Waals surface area contributed by atoms with Gasteiger partial charge in [-0.2, -0.15) is 0 Å². The molecule has 0 aliphatic heterocycles. The lowest BCUT2D eigenvalue weighted by atomic mass is 10.2. The van der Waals surface area contributed by atoms with Crippen molar-refractivity contribution in [2.75, 3.05) is 6.61 Å². The molecule has 0 aliphatic rings. The Bertz CT molecular complexity index is 391. The Morgan fingerprint density at radius 2 is 2.25 bits per heavy atom. The first-order valence-corrected chi connectivity index (χ1v) is 5.32. The number of aliphatic carboxylic acids is 1. The van der Waals surface area contributed by atoms with Gasteiger partial charge in [-0.1, -0.05) is 0 Å². The first kappa shape index (κ1) is 12.7. The third-order valence-electron chi connectivity index (χ3n) is 1.91. The van der Waals surface area contributed by atoms with Crippen molar-refractivity contribution < 1.29 is 19.8 Å². The van der Waals surface area contributed by atoms with E-state index in [0.717, 1.165) is 0 Å². The van der Waals surface area contributed by atoms with E-state index in [1.165, 1.54) is 6.07 Å². The predicted octanol–water partition coefficient (Wildman–Crippen LogP) is 0.343. The van der Waals surface area contributed by atoms with Crippen molar-refractivity contribution in [3.8, 4) is 0 Å². The summed E-state index contributed by atoms with van der Waals surface area (Å²) in [5.74, 6) is -1.69. The maximum Gasteiger partial charge on any atom is 0.326 e. The van der Waals surface area contributed by atoms with Gasteiger partial charge in [0.25, 0.3) is 5.91 Å². The summed E-state index contributed by atoms with van der Waals surface area (Å²) in [6.07, 6.45) is 1.54. The summed E-state index contributed by atoms with van der Waals surface area (Å²) in [6.45, 7) is -0.300. The number of carbonyl (C=O) groups is 2. The second-order valence-corrected chi connectivity index (χ2v) is 4.02. The van der Waals surface area contributed by atoms with E-state index >= 15 is 0 Å². The molecule has 7 heteroatoms. The fraction of sp³-hybridized carbons (Fsp3) is 0.333. The van der Waals surface area contributed by atoms with Crippen LogP contribution in [0.2, 0.25) is 0 Å². The summed E-state index contributed by atoms with van der Waals surface area (Å²) in [6, 6.07) is 0.451. The van der Waals surface area contributed by atoms with E-state index < -0.39 is 17.9 Å². The van der Waals surface area contributed by atoms with E-state index in [1.54, 1.807) is 6.20 Å². The Hall–Kier alpha value is -1.34. The van der Waals surface area contributed by atoms with E-state index in [9.17, 15) is 9.59 Å². The molecule has 88 valence electrons. The van der Waals surface area contributed by atoms with Crippen LogP contribution < -0.4 is 5.32 Å². The molecule has 0 spiro atoms. The molecule has 1 aromatic heterocycles. The number of aromatic amines is 1. The molecule has 1 rings (SSSR count). The number of H-pyrrole nitrogens is 1. The van der Waals surface area contributed by atoms with Crippen LogP contribution in [0, 0.1) is 0 Å². The van der Waals surface area contributed by atoms with Gasteiger partial charge in [0.15, 0.2) is 0 Å². The highest BCUT2D eigenvalue weighted by Crippen LogP contribution is 2.10. The monoisotopic (exact) mass is 290 g/mol. The summed E-state index contributed by atoms with van der Waals surface area (Å²) >= 11 is 3.16. The number of nitrogens with one attached hydrogen (secondary N) is 2. The van der Waals surface area contributed by atoms with Gasteiger partial charge in [-0.05, 0) is 22.0 Å². The van der Waals surface area contributed by atoms with Crippen molar-refractivity contribution in [2.45, 2.75) is 12.5 Å². The summed E-state index contributed by atoms with van der Waals surface area (Å²) in [5.41, 5.74) is 0.260. The second kappa shape index (κ2) is 5.66. The van der Waals surface area contributed by atoms with Gasteiger partial charge in [-0.15, -0.1) is 0 Å². The number of aliphatic hydroxyl groups is 1. The van der Waals surface area contributed by atoms with Crippen LogP contribution in [0.25, 0.3) is 0 Å². The maximum absolute atomic E-state index is 11.5. The SMILES string of the molecule is O=C(NC(CCO)C(=O)O)c1cc(Br)c[nH]1. The molecule has 0 aliphatic carbocycles. The molecule has 0 saturated heterocycles. The Kier molecular flexibility index (Phi) is 4.51. The van der Waals surface area contributed by atoms with Gasteiger partial charge in [-0.3, -0.25) is 4.79 Å². The fourth-order valence-corrected chi connectivity index (χ4v) is 1.46. The number of hydrogen-bond acceptors (Lipinski definition) is 3. The van der Waals surface area contributed by atoms with Crippen LogP contribution >= 0.6 is 15.9 Å². The van der Waals surface area contributed by atoms with E-state index in [-0.39, 0.29) is 18.7 Å². The van der Waals surface area contributed by atoms with E-state index in [4.69, 9.17) is 10.2 Å². The molecule has 0 saturated carbocycles. The number of rotatable bonds is 5. The Balaban J connectivity index is 2.65. The zero-order chi connectivity index (χ0) is 12.1. The van der Waals surface area contributed by atoms with Gasteiger partial charge in [-0.25, -0.2) is 4.79 Å². The summed E-state index contributed by atoms with van der Waals surface area (Å²) < 4.78 is 0.701. The lowest BCUT2D eigenvalue weighted by molar-refractivity contribution is -0.139. The molecule has 0 radical (unpaired) electrons. The van der Waals surface area contributed by atoms with Crippen LogP contribution in [0.1, 0.15) is 16.9 Å². The third-order valence-corrected chi connectivity index (χ3v) is 2.37. The van der Waals surface area contributed by atoms with Crippen LogP contribution in [0.5, 0.6) is 0 Å². The molecule has 4 N–H and O–H groups in total. The number of carboxylic acid groups (broad SMARTS) is 1. The molecular formula is C9H11BrN2O4. The lowest BCUT2D eigenvalue weighted by Crippen LogP contribution is -2.41. The Labute approximate surface area is 99.8 Å². The van der Waals surface area contributed by atoms with Gasteiger partial charge < -0.3 is 20.5 Å². The molecule has 0 aromatic carbocycles. The van der Waals surface area contributed by atoms with Crippen LogP contribution in [-0.4, -0.2) is 39.7 Å². The largest absolute Gasteiger partial charge is 0.480 e. The molecule has 1 heterocycles. The fourth-order valence-electron chi connectivity index (χ4n) is 1.12. The number of halogens is 1. The molecule has 16 heavy (non-hydrogen) atoms. The normalized spacial score (nSPS) is 12.1. The van der Waals surface area contributed by atoms with Crippen molar-refractivity contribution in [2.24, 2.45) is 0 Å². The van der Waals surface area contributed by atoms with Gasteiger partial charge in [0.2, 0.25) is 0 Å². The van der Waals surface area contributed by atoms with Crippen LogP contribution in [0.15, 0.2) is 16.7 Å². The summed E-state index contributed by atoms with van der Waals surface area (Å²) in [4.78, 5) is 24.9. The topological polar surface area (TPSA) is 102 Å². The van der Waals surface area contributed by atoms with Crippen molar-refractivity contribution in [3.63, 3.8) is 0 Å². The maximum atomic E-state index is 11.5. The highest BCUT2D eigenvalue weighted by Gasteiger charge is 2.20. The number of amides is 1. The highest BCUT2D eigenvalue weighted by molar-refractivity contribution is 9.10. The number of aromatic nitrogens is 1. The molecule has 6 nitrogen and oxygen atoms in total. The van der Waals surface area contributed by atoms with Gasteiger partial charge >= 0.3 is 5.97 Å². The van der Waals surface area contributed by atoms with Crippen molar-refractivity contribution in [1.29, 1.82) is 0 Å². The third kappa shape index (κ3) is 3.35. The minimum atomic E-state index is -1.17. The number of aliphatic hydroxyl groups excluding tert-OH is 1. The standard InChI is InChI=1S/C9H11BrN2O4/c10-5-3-7(11-4-5)8(14)12-6(1-2-13)9(15)16/h3-4,6,11,13H,1-2H2,(H,12,14)(H,15,16). The van der Waals surface area contributed by atoms with Crippen LogP contribution in [0.3, 0.4) is 0 Å². The van der Waals surface area contributed by atoms with Crippen molar-refractivity contribution >= 4 is 27.8 Å². The molecule has 1 aromatic rings. The lowest BCUT2D eigenvalue weighted by Gasteiger charge is -2.12. The minimum Gasteiger partial charge on any atom is -0.480 e. The van der Waals surface area contributed by atoms with Gasteiger partial charge in [0.1, 0.15) is 11.7 Å². The van der Waals surface area contributed by atoms with Crippen molar-refractivity contribution in [3.05, 3.63) is 22.4 Å². The molecule has 1 atom stereocenters. The average Bonchev–Trinajstić information content (AvgIpc) is 2.64. The Morgan fingerprint density at radius 1 is 1.56 bits per heavy atom. The molecule has 1 unspecified atom stereocenters. The molecule has 0 fully saturated rings. The second-order valence-electron chi connectivity index (χ2n) is 3.11. The smallest absolute Gasteiger partial charge is 0.326 e.